The van der Waals surface area contributed by atoms with E-state index in [0.717, 1.165) is 27.2 Å². The number of halogens is 1. The monoisotopic (exact) mass is 544 g/mol. The molecule has 2 atom stereocenters. The summed E-state index contributed by atoms with van der Waals surface area (Å²) >= 11 is 3.93. The average molecular weight is 545 g/mol. The average Bonchev–Trinajstić information content (AvgIpc) is 3.12. The summed E-state index contributed by atoms with van der Waals surface area (Å²) in [5.74, 6) is -4.00. The standard InChI is InChI=1S/C28H21BrN2O5/c1-14-10-11-15(27(35)36)12-20(14)30-21(32)13-31-25(33)23-22-16-6-2-4-8-18(16)28(29,24(23)26(31)34)19-9-5-3-7-17(19)22/h2-12,22-24H,13H2,1H3,(H,30,32)(H,35,36)/t22?,23-,24+,28?/m1/s1. The van der Waals surface area contributed by atoms with E-state index >= 15 is 0 Å². The van der Waals surface area contributed by atoms with Gasteiger partial charge in [-0.3, -0.25) is 19.3 Å². The Hall–Kier alpha value is -3.78. The molecule has 1 saturated heterocycles. The molecule has 3 aromatic carbocycles. The van der Waals surface area contributed by atoms with Gasteiger partial charge in [0.05, 0.1) is 21.7 Å². The van der Waals surface area contributed by atoms with E-state index in [9.17, 15) is 24.3 Å². The second-order valence-corrected chi connectivity index (χ2v) is 10.8. The van der Waals surface area contributed by atoms with E-state index in [1.54, 1.807) is 13.0 Å². The van der Waals surface area contributed by atoms with Crippen molar-refractivity contribution >= 4 is 45.3 Å². The molecule has 8 heteroatoms. The normalized spacial score (nSPS) is 25.3. The second-order valence-electron chi connectivity index (χ2n) is 9.51. The Bertz CT molecular complexity index is 1450. The van der Waals surface area contributed by atoms with Crippen LogP contribution in [-0.2, 0) is 18.7 Å². The summed E-state index contributed by atoms with van der Waals surface area (Å²) in [5.41, 5.74) is 5.01. The maximum absolute atomic E-state index is 13.8. The Labute approximate surface area is 215 Å². The third-order valence-corrected chi connectivity index (χ3v) is 9.01. The van der Waals surface area contributed by atoms with Crippen molar-refractivity contribution in [3.63, 3.8) is 0 Å². The minimum Gasteiger partial charge on any atom is -0.478 e. The number of alkyl halides is 1. The van der Waals surface area contributed by atoms with Gasteiger partial charge in [0.1, 0.15) is 6.54 Å². The zero-order chi connectivity index (χ0) is 25.4. The van der Waals surface area contributed by atoms with Gasteiger partial charge in [-0.2, -0.15) is 0 Å². The summed E-state index contributed by atoms with van der Waals surface area (Å²) in [5, 5.41) is 11.9. The molecule has 2 N–H and O–H groups in total. The van der Waals surface area contributed by atoms with Crippen LogP contribution in [-0.4, -0.2) is 40.2 Å². The lowest BCUT2D eigenvalue weighted by Gasteiger charge is -2.51. The maximum atomic E-state index is 13.8. The van der Waals surface area contributed by atoms with E-state index in [0.29, 0.717) is 11.3 Å². The van der Waals surface area contributed by atoms with Gasteiger partial charge in [0.2, 0.25) is 17.7 Å². The maximum Gasteiger partial charge on any atom is 0.335 e. The second kappa shape index (κ2) is 7.86. The minimum atomic E-state index is -1.11. The smallest absolute Gasteiger partial charge is 0.335 e. The number of likely N-dealkylation sites (tertiary alicyclic amines) is 1. The molecule has 0 aromatic heterocycles. The molecule has 4 aliphatic rings. The Kier molecular flexibility index (Phi) is 4.95. The van der Waals surface area contributed by atoms with Gasteiger partial charge in [-0.05, 0) is 46.9 Å². The first-order chi connectivity index (χ1) is 17.2. The molecule has 7 nitrogen and oxygen atoms in total. The summed E-state index contributed by atoms with van der Waals surface area (Å²) in [7, 11) is 0. The van der Waals surface area contributed by atoms with Crippen LogP contribution in [0.2, 0.25) is 0 Å². The van der Waals surface area contributed by atoms with Gasteiger partial charge in [-0.1, -0.05) is 70.5 Å². The predicted octanol–water partition coefficient (Wildman–Crippen LogP) is 4.03. The first kappa shape index (κ1) is 22.7. The molecular weight excluding hydrogens is 524 g/mol. The van der Waals surface area contributed by atoms with Crippen LogP contribution in [0.15, 0.2) is 66.7 Å². The number of hydrogen-bond donors (Lipinski definition) is 2. The van der Waals surface area contributed by atoms with Crippen molar-refractivity contribution in [3.05, 3.63) is 100 Å². The van der Waals surface area contributed by atoms with Crippen molar-refractivity contribution in [1.29, 1.82) is 0 Å². The summed E-state index contributed by atoms with van der Waals surface area (Å²) in [4.78, 5) is 52.9. The molecular formula is C28H21BrN2O5. The number of aromatic carboxylic acids is 1. The molecule has 1 aliphatic heterocycles. The van der Waals surface area contributed by atoms with Gasteiger partial charge < -0.3 is 10.4 Å². The highest BCUT2D eigenvalue weighted by Crippen LogP contribution is 2.66. The van der Waals surface area contributed by atoms with E-state index in [-0.39, 0.29) is 23.3 Å². The van der Waals surface area contributed by atoms with E-state index < -0.39 is 34.6 Å². The van der Waals surface area contributed by atoms with Crippen LogP contribution >= 0.6 is 15.9 Å². The predicted molar refractivity (Wildman–Crippen MR) is 135 cm³/mol. The summed E-state index contributed by atoms with van der Waals surface area (Å²) in [6.07, 6.45) is 0. The van der Waals surface area contributed by atoms with Crippen LogP contribution in [0.4, 0.5) is 5.69 Å². The van der Waals surface area contributed by atoms with E-state index in [1.165, 1.54) is 12.1 Å². The number of carboxylic acid groups (broad SMARTS) is 1. The number of carboxylic acids is 1. The summed E-state index contributed by atoms with van der Waals surface area (Å²) < 4.78 is -0.871. The number of nitrogens with zero attached hydrogens (tertiary/aromatic N) is 1. The Balaban J connectivity index is 1.35. The van der Waals surface area contributed by atoms with Crippen LogP contribution in [0.1, 0.15) is 44.1 Å². The van der Waals surface area contributed by atoms with E-state index in [2.05, 4.69) is 21.2 Å². The molecule has 3 aliphatic carbocycles. The number of benzene rings is 3. The topological polar surface area (TPSA) is 104 Å². The summed E-state index contributed by atoms with van der Waals surface area (Å²) in [6.45, 7) is 1.30. The highest BCUT2D eigenvalue weighted by atomic mass is 79.9. The molecule has 3 aromatic rings. The first-order valence-corrected chi connectivity index (χ1v) is 12.4. The number of imide groups is 1. The van der Waals surface area contributed by atoms with Crippen molar-refractivity contribution in [2.24, 2.45) is 11.8 Å². The van der Waals surface area contributed by atoms with Gasteiger partial charge in [0.25, 0.3) is 0 Å². The molecule has 3 amide bonds. The molecule has 0 radical (unpaired) electrons. The number of hydrogen-bond acceptors (Lipinski definition) is 4. The Morgan fingerprint density at radius 3 is 2.19 bits per heavy atom. The van der Waals surface area contributed by atoms with E-state index in [1.807, 2.05) is 48.5 Å². The molecule has 1 fully saturated rings. The van der Waals surface area contributed by atoms with Crippen LogP contribution in [0.5, 0.6) is 0 Å². The van der Waals surface area contributed by atoms with Crippen LogP contribution in [0, 0.1) is 18.8 Å². The largest absolute Gasteiger partial charge is 0.478 e. The lowest BCUT2D eigenvalue weighted by atomic mass is 9.55. The Morgan fingerprint density at radius 2 is 1.58 bits per heavy atom. The van der Waals surface area contributed by atoms with Gasteiger partial charge in [-0.15, -0.1) is 0 Å². The fourth-order valence-electron chi connectivity index (χ4n) is 6.12. The van der Waals surface area contributed by atoms with Gasteiger partial charge >= 0.3 is 5.97 Å². The molecule has 36 heavy (non-hydrogen) atoms. The molecule has 1 heterocycles. The van der Waals surface area contributed by atoms with Crippen molar-refractivity contribution in [2.45, 2.75) is 17.2 Å². The first-order valence-electron chi connectivity index (χ1n) is 11.6. The third-order valence-electron chi connectivity index (χ3n) is 7.67. The van der Waals surface area contributed by atoms with Crippen LogP contribution < -0.4 is 5.32 Å². The molecule has 2 bridgehead atoms. The van der Waals surface area contributed by atoms with Gasteiger partial charge in [0, 0.05) is 11.6 Å². The number of aryl methyl sites for hydroxylation is 1. The molecule has 0 spiro atoms. The van der Waals surface area contributed by atoms with E-state index in [4.69, 9.17) is 0 Å². The fourth-order valence-corrected chi connectivity index (χ4v) is 7.32. The molecule has 180 valence electrons. The van der Waals surface area contributed by atoms with Crippen molar-refractivity contribution in [1.82, 2.24) is 4.90 Å². The van der Waals surface area contributed by atoms with Crippen molar-refractivity contribution < 1.29 is 24.3 Å². The fraction of sp³-hybridized carbons (Fsp3) is 0.214. The SMILES string of the molecule is Cc1ccc(C(=O)O)cc1NC(=O)CN1C(=O)[C@@H]2C3c4ccccc4C(Br)(c4ccccc43)[C@@H]2C1=O. The number of anilines is 1. The molecule has 0 saturated carbocycles. The number of amides is 3. The number of carbonyl (C=O) groups excluding carboxylic acids is 3. The highest BCUT2D eigenvalue weighted by Gasteiger charge is 2.67. The molecule has 7 rings (SSSR count). The minimum absolute atomic E-state index is 0.0311. The quantitative estimate of drug-likeness (QED) is 0.381. The lowest BCUT2D eigenvalue weighted by Crippen LogP contribution is -2.50. The summed E-state index contributed by atoms with van der Waals surface area (Å²) in [6, 6.07) is 20.2. The van der Waals surface area contributed by atoms with Crippen LogP contribution in [0.3, 0.4) is 0 Å². The number of rotatable bonds is 4. The number of nitrogens with one attached hydrogen (secondary N) is 1. The van der Waals surface area contributed by atoms with Gasteiger partial charge in [-0.25, -0.2) is 4.79 Å². The third kappa shape index (κ3) is 2.97. The molecule has 0 unspecified atom stereocenters. The van der Waals surface area contributed by atoms with Gasteiger partial charge in [0.15, 0.2) is 0 Å². The van der Waals surface area contributed by atoms with Crippen molar-refractivity contribution in [2.75, 3.05) is 11.9 Å². The number of carbonyl (C=O) groups is 4. The zero-order valence-corrected chi connectivity index (χ0v) is 20.8. The lowest BCUT2D eigenvalue weighted by molar-refractivity contribution is -0.142. The van der Waals surface area contributed by atoms with Crippen molar-refractivity contribution in [3.8, 4) is 0 Å². The van der Waals surface area contributed by atoms with Crippen LogP contribution in [0.25, 0.3) is 0 Å². The zero-order valence-electron chi connectivity index (χ0n) is 19.2. The highest BCUT2D eigenvalue weighted by molar-refractivity contribution is 9.09. The Morgan fingerprint density at radius 1 is 0.972 bits per heavy atom.